The van der Waals surface area contributed by atoms with Crippen LogP contribution >= 0.6 is 11.3 Å². The molecule has 0 spiro atoms. The fraction of sp³-hybridized carbons (Fsp3) is 0.576. The molecule has 234 valence electrons. The highest BCUT2D eigenvalue weighted by Gasteiger charge is 2.36. The van der Waals surface area contributed by atoms with Crippen LogP contribution in [0, 0.1) is 19.3 Å². The largest absolute Gasteiger partial charge is 0.365 e. The summed E-state index contributed by atoms with van der Waals surface area (Å²) in [6.07, 6.45) is 3.60. The number of benzene rings is 1. The van der Waals surface area contributed by atoms with Gasteiger partial charge in [0.25, 0.3) is 0 Å². The van der Waals surface area contributed by atoms with Gasteiger partial charge < -0.3 is 19.6 Å². The van der Waals surface area contributed by atoms with Crippen LogP contribution < -0.4 is 5.32 Å². The second-order valence-electron chi connectivity index (χ2n) is 11.3. The van der Waals surface area contributed by atoms with Gasteiger partial charge in [-0.05, 0) is 57.3 Å². The number of hydrogen-bond acceptors (Lipinski definition) is 7. The Hall–Kier alpha value is -3.04. The number of aromatic nitrogens is 2. The van der Waals surface area contributed by atoms with Crippen LogP contribution in [0.2, 0.25) is 0 Å². The third kappa shape index (κ3) is 12.1. The Bertz CT molecular complexity index is 1170. The maximum Gasteiger partial charge on any atom is 0.243 e. The van der Waals surface area contributed by atoms with Crippen LogP contribution in [0.5, 0.6) is 0 Å². The van der Waals surface area contributed by atoms with Crippen LogP contribution in [0.4, 0.5) is 0 Å². The van der Waals surface area contributed by atoms with E-state index >= 15 is 0 Å². The van der Waals surface area contributed by atoms with Crippen LogP contribution in [0.15, 0.2) is 46.6 Å². The molecule has 8 nitrogen and oxygen atoms in total. The monoisotopic (exact) mass is 599 g/mol. The second kappa shape index (κ2) is 18.5. The minimum atomic E-state index is -0.381. The number of amides is 2. The number of likely N-dealkylation sites (tertiary alicyclic amines) is 1. The smallest absolute Gasteiger partial charge is 0.243 e. The summed E-state index contributed by atoms with van der Waals surface area (Å²) in [6.45, 7) is 19.4. The molecule has 4 rings (SSSR count). The zero-order valence-corrected chi connectivity index (χ0v) is 28.5. The van der Waals surface area contributed by atoms with Crippen LogP contribution in [0.1, 0.15) is 90.7 Å². The highest BCUT2D eigenvalue weighted by atomic mass is 32.1. The van der Waals surface area contributed by atoms with Crippen molar-refractivity contribution in [3.63, 3.8) is 0 Å². The van der Waals surface area contributed by atoms with Crippen molar-refractivity contribution in [3.05, 3.63) is 59.1 Å². The zero-order valence-electron chi connectivity index (χ0n) is 27.7. The van der Waals surface area contributed by atoms with Crippen LogP contribution in [0.25, 0.3) is 10.4 Å². The van der Waals surface area contributed by atoms with Crippen LogP contribution in [0.3, 0.4) is 0 Å². The molecule has 1 aliphatic heterocycles. The van der Waals surface area contributed by atoms with Gasteiger partial charge in [-0.15, -0.1) is 11.3 Å². The van der Waals surface area contributed by atoms with Gasteiger partial charge in [0.15, 0.2) is 0 Å². The predicted molar refractivity (Wildman–Crippen MR) is 174 cm³/mol. The molecule has 9 heteroatoms. The van der Waals surface area contributed by atoms with Crippen molar-refractivity contribution in [1.29, 1.82) is 0 Å². The summed E-state index contributed by atoms with van der Waals surface area (Å²) < 4.78 is 4.46. The molecule has 0 radical (unpaired) electrons. The molecular weight excluding hydrogens is 546 g/mol. The number of carbonyl (C=O) groups excluding carboxylic acids is 2. The number of rotatable bonds is 7. The molecule has 0 aliphatic carbocycles. The normalized spacial score (nSPS) is 15.0. The molecule has 2 atom stereocenters. The van der Waals surface area contributed by atoms with Gasteiger partial charge >= 0.3 is 0 Å². The van der Waals surface area contributed by atoms with E-state index in [1.807, 2.05) is 61.1 Å². The number of nitrogens with zero attached hydrogens (tertiary/aromatic N) is 4. The van der Waals surface area contributed by atoms with E-state index in [4.69, 9.17) is 0 Å². The summed E-state index contributed by atoms with van der Waals surface area (Å²) >= 11 is 1.64. The van der Waals surface area contributed by atoms with E-state index in [0.717, 1.165) is 35.4 Å². The Morgan fingerprint density at radius 2 is 1.74 bits per heavy atom. The SMILES string of the molecule is CC.CC.Cc1ccon1.Cc1ncsc1-c1ccc(C(CN(C)C)NC(=O)C2CCCN2C(=O)CC(C)(C)C)cc1. The fourth-order valence-electron chi connectivity index (χ4n) is 4.48. The Balaban J connectivity index is 0.000000759. The lowest BCUT2D eigenvalue weighted by Gasteiger charge is -2.30. The van der Waals surface area contributed by atoms with Crippen molar-refractivity contribution in [1.82, 2.24) is 25.3 Å². The highest BCUT2D eigenvalue weighted by molar-refractivity contribution is 7.13. The van der Waals surface area contributed by atoms with Gasteiger partial charge in [0.1, 0.15) is 12.3 Å². The minimum absolute atomic E-state index is 0.0565. The summed E-state index contributed by atoms with van der Waals surface area (Å²) in [4.78, 5) is 35.4. The van der Waals surface area contributed by atoms with E-state index in [-0.39, 0.29) is 29.3 Å². The molecule has 1 fully saturated rings. The summed E-state index contributed by atoms with van der Waals surface area (Å²) in [5, 5.41) is 6.78. The van der Waals surface area contributed by atoms with E-state index in [0.29, 0.717) is 19.5 Å². The number of nitrogens with one attached hydrogen (secondary N) is 1. The zero-order chi connectivity index (χ0) is 31.9. The lowest BCUT2D eigenvalue weighted by molar-refractivity contribution is -0.140. The number of likely N-dealkylation sites (N-methyl/N-ethyl adjacent to an activating group) is 1. The van der Waals surface area contributed by atoms with Gasteiger partial charge in [0, 0.05) is 25.6 Å². The fourth-order valence-corrected chi connectivity index (χ4v) is 5.29. The first-order valence-corrected chi connectivity index (χ1v) is 15.9. The van der Waals surface area contributed by atoms with Crippen molar-refractivity contribution in [2.24, 2.45) is 5.41 Å². The van der Waals surface area contributed by atoms with E-state index in [2.05, 4.69) is 69.9 Å². The van der Waals surface area contributed by atoms with E-state index in [1.54, 1.807) is 28.6 Å². The predicted octanol–water partition coefficient (Wildman–Crippen LogP) is 7.30. The van der Waals surface area contributed by atoms with Gasteiger partial charge in [0.05, 0.1) is 27.8 Å². The van der Waals surface area contributed by atoms with Crippen molar-refractivity contribution in [2.45, 2.75) is 93.7 Å². The van der Waals surface area contributed by atoms with Gasteiger partial charge in [-0.1, -0.05) is 77.9 Å². The summed E-state index contributed by atoms with van der Waals surface area (Å²) in [7, 11) is 4.01. The lowest BCUT2D eigenvalue weighted by atomic mass is 9.91. The van der Waals surface area contributed by atoms with Crippen molar-refractivity contribution in [3.8, 4) is 10.4 Å². The molecule has 2 aromatic heterocycles. The second-order valence-corrected chi connectivity index (χ2v) is 12.2. The van der Waals surface area contributed by atoms with Gasteiger partial charge in [0.2, 0.25) is 11.8 Å². The molecule has 42 heavy (non-hydrogen) atoms. The van der Waals surface area contributed by atoms with Crippen LogP contribution in [-0.4, -0.2) is 65.0 Å². The van der Waals surface area contributed by atoms with Crippen molar-refractivity contribution >= 4 is 23.2 Å². The van der Waals surface area contributed by atoms with Gasteiger partial charge in [-0.25, -0.2) is 4.98 Å². The van der Waals surface area contributed by atoms with E-state index in [1.165, 1.54) is 4.88 Å². The Morgan fingerprint density at radius 3 is 2.19 bits per heavy atom. The standard InChI is InChI=1S/C25H36N4O2S.C4H5NO.2C2H6/c1-17-23(32-16-26-17)19-11-9-18(10-12-19)20(15-28(5)6)27-24(31)21-8-7-13-29(21)22(30)14-25(2,3)4;1-4-2-3-6-5-4;2*1-2/h9-12,16,20-21H,7-8,13-15H2,1-6H3,(H,27,31);2-3H,1H3;2*1-2H3. The molecule has 3 aromatic rings. The number of thiazole rings is 1. The first kappa shape index (κ1) is 37.0. The molecule has 2 unspecified atom stereocenters. The third-order valence-electron chi connectivity index (χ3n) is 6.31. The minimum Gasteiger partial charge on any atom is -0.365 e. The molecule has 1 N–H and O–H groups in total. The molecule has 1 aromatic carbocycles. The summed E-state index contributed by atoms with van der Waals surface area (Å²) in [6, 6.07) is 9.64. The first-order valence-electron chi connectivity index (χ1n) is 15.1. The Morgan fingerprint density at radius 1 is 1.10 bits per heavy atom. The lowest BCUT2D eigenvalue weighted by Crippen LogP contribution is -2.48. The molecular formula is C33H53N5O3S. The maximum atomic E-state index is 13.3. The Labute approximate surface area is 257 Å². The van der Waals surface area contributed by atoms with Gasteiger partial charge in [-0.3, -0.25) is 9.59 Å². The van der Waals surface area contributed by atoms with Crippen molar-refractivity contribution < 1.29 is 14.1 Å². The number of carbonyl (C=O) groups is 2. The molecule has 3 heterocycles. The average Bonchev–Trinajstić information content (AvgIpc) is 3.72. The third-order valence-corrected chi connectivity index (χ3v) is 7.29. The van der Waals surface area contributed by atoms with Crippen molar-refractivity contribution in [2.75, 3.05) is 27.2 Å². The molecule has 2 amide bonds. The van der Waals surface area contributed by atoms with Crippen LogP contribution in [-0.2, 0) is 9.59 Å². The number of hydrogen-bond donors (Lipinski definition) is 1. The maximum absolute atomic E-state index is 13.3. The van der Waals surface area contributed by atoms with E-state index in [9.17, 15) is 9.59 Å². The molecule has 1 aliphatic rings. The number of aryl methyl sites for hydroxylation is 2. The highest BCUT2D eigenvalue weighted by Crippen LogP contribution is 2.29. The first-order chi connectivity index (χ1) is 19.9. The topological polar surface area (TPSA) is 91.6 Å². The molecule has 0 saturated carbocycles. The molecule has 1 saturated heterocycles. The quantitative estimate of drug-likeness (QED) is 0.306. The van der Waals surface area contributed by atoms with Gasteiger partial charge in [-0.2, -0.15) is 0 Å². The summed E-state index contributed by atoms with van der Waals surface area (Å²) in [5.41, 5.74) is 5.92. The summed E-state index contributed by atoms with van der Waals surface area (Å²) in [5.74, 6) is 0.0163. The average molecular weight is 600 g/mol. The Kier molecular flexibility index (Phi) is 16.3. The molecule has 0 bridgehead atoms. The van der Waals surface area contributed by atoms with E-state index < -0.39 is 0 Å².